The highest BCUT2D eigenvalue weighted by atomic mass is 16.5. The van der Waals surface area contributed by atoms with Gasteiger partial charge < -0.3 is 14.4 Å². The Kier molecular flexibility index (Phi) is 6.63. The van der Waals surface area contributed by atoms with E-state index in [-0.39, 0.29) is 23.7 Å². The van der Waals surface area contributed by atoms with Gasteiger partial charge in [-0.2, -0.15) is 0 Å². The molecule has 0 radical (unpaired) electrons. The number of ether oxygens (including phenoxy) is 2. The SMILES string of the molecule is CCN1CC(c2ccccc2)OC2(CCN(C(=O)c3ccc(OC(C)C)cc3)CC2)C1. The molecule has 2 aromatic rings. The zero-order valence-corrected chi connectivity index (χ0v) is 18.9. The Morgan fingerprint density at radius 1 is 1.10 bits per heavy atom. The summed E-state index contributed by atoms with van der Waals surface area (Å²) in [4.78, 5) is 17.5. The van der Waals surface area contributed by atoms with Crippen molar-refractivity contribution >= 4 is 5.91 Å². The second-order valence-corrected chi connectivity index (χ2v) is 9.01. The summed E-state index contributed by atoms with van der Waals surface area (Å²) in [6.45, 7) is 10.5. The highest BCUT2D eigenvalue weighted by molar-refractivity contribution is 5.94. The monoisotopic (exact) mass is 422 g/mol. The zero-order valence-electron chi connectivity index (χ0n) is 18.9. The molecule has 0 bridgehead atoms. The maximum atomic E-state index is 13.0. The number of nitrogens with zero attached hydrogens (tertiary/aromatic N) is 2. The predicted molar refractivity (Wildman–Crippen MR) is 122 cm³/mol. The molecule has 2 heterocycles. The smallest absolute Gasteiger partial charge is 0.253 e. The summed E-state index contributed by atoms with van der Waals surface area (Å²) in [7, 11) is 0. The van der Waals surface area contributed by atoms with Crippen LogP contribution in [0.25, 0.3) is 0 Å². The van der Waals surface area contributed by atoms with Gasteiger partial charge in [0.15, 0.2) is 0 Å². The molecule has 0 aromatic heterocycles. The summed E-state index contributed by atoms with van der Waals surface area (Å²) in [6, 6.07) is 18.0. The van der Waals surface area contributed by atoms with Gasteiger partial charge in [0, 0.05) is 31.7 Å². The van der Waals surface area contributed by atoms with E-state index in [0.717, 1.165) is 51.3 Å². The lowest BCUT2D eigenvalue weighted by Gasteiger charge is -2.50. The van der Waals surface area contributed by atoms with E-state index >= 15 is 0 Å². The van der Waals surface area contributed by atoms with E-state index in [1.54, 1.807) is 0 Å². The largest absolute Gasteiger partial charge is 0.491 e. The molecule has 1 unspecified atom stereocenters. The Bertz CT molecular complexity index is 858. The van der Waals surface area contributed by atoms with Crippen LogP contribution in [0.4, 0.5) is 0 Å². The van der Waals surface area contributed by atoms with Crippen molar-refractivity contribution in [2.75, 3.05) is 32.7 Å². The van der Waals surface area contributed by atoms with Gasteiger partial charge in [-0.1, -0.05) is 37.3 Å². The molecule has 1 atom stereocenters. The molecule has 1 amide bonds. The molecule has 2 aliphatic heterocycles. The topological polar surface area (TPSA) is 42.0 Å². The third kappa shape index (κ3) is 5.10. The first-order valence-corrected chi connectivity index (χ1v) is 11.5. The summed E-state index contributed by atoms with van der Waals surface area (Å²) >= 11 is 0. The molecule has 2 aliphatic rings. The van der Waals surface area contributed by atoms with E-state index in [4.69, 9.17) is 9.47 Å². The van der Waals surface area contributed by atoms with Crippen LogP contribution in [0.5, 0.6) is 5.75 Å². The normalized spacial score (nSPS) is 21.4. The quantitative estimate of drug-likeness (QED) is 0.709. The molecular formula is C26H34N2O3. The molecule has 0 N–H and O–H groups in total. The molecule has 5 nitrogen and oxygen atoms in total. The molecule has 0 saturated carbocycles. The van der Waals surface area contributed by atoms with Crippen LogP contribution >= 0.6 is 0 Å². The number of amides is 1. The first-order chi connectivity index (χ1) is 15.0. The summed E-state index contributed by atoms with van der Waals surface area (Å²) in [5, 5.41) is 0. The Morgan fingerprint density at radius 3 is 2.39 bits per heavy atom. The van der Waals surface area contributed by atoms with Crippen LogP contribution in [0.1, 0.15) is 55.6 Å². The average Bonchev–Trinajstić information content (AvgIpc) is 2.79. The minimum Gasteiger partial charge on any atom is -0.491 e. The van der Waals surface area contributed by atoms with Crippen LogP contribution in [0, 0.1) is 0 Å². The van der Waals surface area contributed by atoms with E-state index in [0.29, 0.717) is 5.56 Å². The lowest BCUT2D eigenvalue weighted by atomic mass is 9.87. The van der Waals surface area contributed by atoms with Gasteiger partial charge in [-0.25, -0.2) is 0 Å². The molecule has 31 heavy (non-hydrogen) atoms. The second kappa shape index (κ2) is 9.41. The summed E-state index contributed by atoms with van der Waals surface area (Å²) in [6.07, 6.45) is 1.95. The van der Waals surface area contributed by atoms with Gasteiger partial charge in [-0.15, -0.1) is 0 Å². The standard InChI is InChI=1S/C26H34N2O3/c1-4-27-18-24(21-8-6-5-7-9-21)31-26(19-27)14-16-28(17-15-26)25(29)22-10-12-23(13-11-22)30-20(2)3/h5-13,20,24H,4,14-19H2,1-3H3. The fourth-order valence-corrected chi connectivity index (χ4v) is 4.69. The van der Waals surface area contributed by atoms with Gasteiger partial charge in [0.1, 0.15) is 5.75 Å². The van der Waals surface area contributed by atoms with Crippen molar-refractivity contribution in [3.63, 3.8) is 0 Å². The number of rotatable bonds is 5. The molecular weight excluding hydrogens is 388 g/mol. The van der Waals surface area contributed by atoms with Crippen LogP contribution < -0.4 is 4.74 Å². The Hall–Kier alpha value is -2.37. The average molecular weight is 423 g/mol. The third-order valence-corrected chi connectivity index (χ3v) is 6.38. The van der Waals surface area contributed by atoms with Crippen LogP contribution in [-0.2, 0) is 4.74 Å². The number of likely N-dealkylation sites (tertiary alicyclic amines) is 1. The van der Waals surface area contributed by atoms with E-state index in [1.807, 2.05) is 49.1 Å². The third-order valence-electron chi connectivity index (χ3n) is 6.38. The van der Waals surface area contributed by atoms with Gasteiger partial charge >= 0.3 is 0 Å². The summed E-state index contributed by atoms with van der Waals surface area (Å²) in [5.74, 6) is 0.889. The molecule has 166 valence electrons. The van der Waals surface area contributed by atoms with Crippen molar-refractivity contribution in [1.82, 2.24) is 9.80 Å². The van der Waals surface area contributed by atoms with E-state index in [2.05, 4.69) is 36.1 Å². The highest BCUT2D eigenvalue weighted by Crippen LogP contribution is 2.38. The van der Waals surface area contributed by atoms with Gasteiger partial charge in [-0.05, 0) is 63.1 Å². The number of likely N-dealkylation sites (N-methyl/N-ethyl adjacent to an activating group) is 1. The lowest BCUT2D eigenvalue weighted by Crippen LogP contribution is -2.58. The minimum atomic E-state index is -0.180. The minimum absolute atomic E-state index is 0.0886. The van der Waals surface area contributed by atoms with E-state index < -0.39 is 0 Å². The molecule has 0 aliphatic carbocycles. The molecule has 2 aromatic carbocycles. The van der Waals surface area contributed by atoms with E-state index in [1.165, 1.54) is 5.56 Å². The summed E-state index contributed by atoms with van der Waals surface area (Å²) in [5.41, 5.74) is 1.77. The fraction of sp³-hybridized carbons (Fsp3) is 0.500. The second-order valence-electron chi connectivity index (χ2n) is 9.01. The highest BCUT2D eigenvalue weighted by Gasteiger charge is 2.43. The Morgan fingerprint density at radius 2 is 1.77 bits per heavy atom. The molecule has 2 saturated heterocycles. The van der Waals surface area contributed by atoms with Crippen molar-refractivity contribution in [3.8, 4) is 5.75 Å². The maximum absolute atomic E-state index is 13.0. The number of benzene rings is 2. The van der Waals surface area contributed by atoms with Crippen LogP contribution in [0.15, 0.2) is 54.6 Å². The predicted octanol–water partition coefficient (Wildman–Crippen LogP) is 4.54. The van der Waals surface area contributed by atoms with Crippen molar-refractivity contribution in [2.45, 2.75) is 51.4 Å². The van der Waals surface area contributed by atoms with Crippen LogP contribution in [0.3, 0.4) is 0 Å². The maximum Gasteiger partial charge on any atom is 0.253 e. The van der Waals surface area contributed by atoms with Crippen molar-refractivity contribution in [3.05, 3.63) is 65.7 Å². The lowest BCUT2D eigenvalue weighted by molar-refractivity contribution is -0.175. The van der Waals surface area contributed by atoms with Gasteiger partial charge in [0.25, 0.3) is 5.91 Å². The van der Waals surface area contributed by atoms with Gasteiger partial charge in [0.05, 0.1) is 17.8 Å². The van der Waals surface area contributed by atoms with Crippen molar-refractivity contribution < 1.29 is 14.3 Å². The van der Waals surface area contributed by atoms with Crippen LogP contribution in [-0.4, -0.2) is 60.1 Å². The van der Waals surface area contributed by atoms with Gasteiger partial charge in [0.2, 0.25) is 0 Å². The first kappa shape index (κ1) is 21.8. The Labute approximate surface area is 185 Å². The number of carbonyl (C=O) groups excluding carboxylic acids is 1. The van der Waals surface area contributed by atoms with Crippen molar-refractivity contribution in [2.24, 2.45) is 0 Å². The van der Waals surface area contributed by atoms with E-state index in [9.17, 15) is 4.79 Å². The molecule has 2 fully saturated rings. The van der Waals surface area contributed by atoms with Gasteiger partial charge in [-0.3, -0.25) is 9.69 Å². The number of piperidine rings is 1. The zero-order chi connectivity index (χ0) is 21.8. The summed E-state index contributed by atoms with van der Waals surface area (Å²) < 4.78 is 12.4. The number of morpholine rings is 1. The molecule has 5 heteroatoms. The van der Waals surface area contributed by atoms with Crippen LogP contribution in [0.2, 0.25) is 0 Å². The Balaban J connectivity index is 1.41. The molecule has 1 spiro atoms. The fourth-order valence-electron chi connectivity index (χ4n) is 4.69. The molecule has 4 rings (SSSR count). The number of carbonyl (C=O) groups is 1. The number of hydrogen-bond donors (Lipinski definition) is 0. The van der Waals surface area contributed by atoms with Crippen molar-refractivity contribution in [1.29, 1.82) is 0 Å². The number of hydrogen-bond acceptors (Lipinski definition) is 4. The first-order valence-electron chi connectivity index (χ1n) is 11.5.